The second-order valence-electron chi connectivity index (χ2n) is 3.88. The number of nitrogens with two attached hydrogens (primary N) is 1. The van der Waals surface area contributed by atoms with Gasteiger partial charge in [-0.1, -0.05) is 11.8 Å². The van der Waals surface area contributed by atoms with Crippen LogP contribution in [0.5, 0.6) is 0 Å². The standard InChI is InChI=1S/C13H13N3OS2/c1-8-6-11(19-10(8)4-3-5-14)12(17)16-13-15-9(2)7-18-13/h6-7H,5,14H2,1-2H3,(H,15,16,17). The highest BCUT2D eigenvalue weighted by molar-refractivity contribution is 7.15. The van der Waals surface area contributed by atoms with E-state index in [1.54, 1.807) is 0 Å². The first-order chi connectivity index (χ1) is 9.10. The lowest BCUT2D eigenvalue weighted by molar-refractivity contribution is 0.103. The molecule has 0 radical (unpaired) electrons. The van der Waals surface area contributed by atoms with Gasteiger partial charge in [-0.15, -0.1) is 22.7 Å². The summed E-state index contributed by atoms with van der Waals surface area (Å²) < 4.78 is 0. The van der Waals surface area contributed by atoms with Crippen molar-refractivity contribution in [2.45, 2.75) is 13.8 Å². The van der Waals surface area contributed by atoms with E-state index in [2.05, 4.69) is 22.1 Å². The van der Waals surface area contributed by atoms with Crippen LogP contribution in [0, 0.1) is 25.7 Å². The fraction of sp³-hybridized carbons (Fsp3) is 0.231. The van der Waals surface area contributed by atoms with Crippen LogP contribution in [0.4, 0.5) is 5.13 Å². The van der Waals surface area contributed by atoms with E-state index in [9.17, 15) is 4.79 Å². The summed E-state index contributed by atoms with van der Waals surface area (Å²) in [5, 5.41) is 5.29. The minimum Gasteiger partial charge on any atom is -0.320 e. The highest BCUT2D eigenvalue weighted by Gasteiger charge is 2.13. The normalized spacial score (nSPS) is 9.84. The molecule has 98 valence electrons. The van der Waals surface area contributed by atoms with E-state index in [1.807, 2.05) is 25.3 Å². The third kappa shape index (κ3) is 3.41. The molecule has 19 heavy (non-hydrogen) atoms. The van der Waals surface area contributed by atoms with Gasteiger partial charge in [0.15, 0.2) is 5.13 Å². The monoisotopic (exact) mass is 291 g/mol. The number of rotatable bonds is 2. The van der Waals surface area contributed by atoms with Crippen molar-refractivity contribution in [1.82, 2.24) is 4.98 Å². The number of aromatic nitrogens is 1. The summed E-state index contributed by atoms with van der Waals surface area (Å²) in [7, 11) is 0. The third-order valence-corrected chi connectivity index (χ3v) is 4.31. The van der Waals surface area contributed by atoms with E-state index in [0.717, 1.165) is 16.1 Å². The Kier molecular flexibility index (Phi) is 4.32. The molecule has 2 rings (SSSR count). The molecule has 6 heteroatoms. The number of carbonyl (C=O) groups excluding carboxylic acids is 1. The average Bonchev–Trinajstić information content (AvgIpc) is 2.93. The molecule has 0 fully saturated rings. The van der Waals surface area contributed by atoms with Crippen LogP contribution < -0.4 is 11.1 Å². The van der Waals surface area contributed by atoms with E-state index in [0.29, 0.717) is 16.6 Å². The fourth-order valence-electron chi connectivity index (χ4n) is 1.42. The van der Waals surface area contributed by atoms with Gasteiger partial charge in [-0.2, -0.15) is 0 Å². The van der Waals surface area contributed by atoms with Gasteiger partial charge in [0, 0.05) is 5.38 Å². The van der Waals surface area contributed by atoms with Crippen molar-refractivity contribution in [3.05, 3.63) is 32.5 Å². The lowest BCUT2D eigenvalue weighted by Gasteiger charge is -1.97. The zero-order valence-electron chi connectivity index (χ0n) is 10.6. The van der Waals surface area contributed by atoms with Gasteiger partial charge >= 0.3 is 0 Å². The Labute approximate surface area is 119 Å². The van der Waals surface area contributed by atoms with Gasteiger partial charge in [0.1, 0.15) is 0 Å². The zero-order chi connectivity index (χ0) is 13.8. The van der Waals surface area contributed by atoms with Crippen LogP contribution in [-0.4, -0.2) is 17.4 Å². The van der Waals surface area contributed by atoms with Gasteiger partial charge in [-0.25, -0.2) is 4.98 Å². The summed E-state index contributed by atoms with van der Waals surface area (Å²) in [6, 6.07) is 1.83. The molecule has 0 saturated carbocycles. The van der Waals surface area contributed by atoms with Crippen LogP contribution in [0.25, 0.3) is 0 Å². The first-order valence-corrected chi connectivity index (χ1v) is 7.32. The number of hydrogen-bond acceptors (Lipinski definition) is 5. The van der Waals surface area contributed by atoms with Crippen LogP contribution in [0.3, 0.4) is 0 Å². The smallest absolute Gasteiger partial charge is 0.267 e. The molecule has 4 nitrogen and oxygen atoms in total. The van der Waals surface area contributed by atoms with Gasteiger partial charge < -0.3 is 5.73 Å². The number of thiophene rings is 1. The molecular formula is C13H13N3OS2. The fourth-order valence-corrected chi connectivity index (χ4v) is 3.05. The highest BCUT2D eigenvalue weighted by Crippen LogP contribution is 2.23. The summed E-state index contributed by atoms with van der Waals surface area (Å²) in [6.07, 6.45) is 0. The highest BCUT2D eigenvalue weighted by atomic mass is 32.1. The lowest BCUT2D eigenvalue weighted by atomic mass is 10.2. The number of nitrogens with one attached hydrogen (secondary N) is 1. The number of anilines is 1. The summed E-state index contributed by atoms with van der Waals surface area (Å²) >= 11 is 2.78. The largest absolute Gasteiger partial charge is 0.320 e. The maximum atomic E-state index is 12.1. The average molecular weight is 291 g/mol. The van der Waals surface area contributed by atoms with Gasteiger partial charge in [0.05, 0.1) is 22.0 Å². The summed E-state index contributed by atoms with van der Waals surface area (Å²) in [5.74, 6) is 5.61. The Morgan fingerprint density at radius 2 is 2.32 bits per heavy atom. The maximum Gasteiger partial charge on any atom is 0.267 e. The SMILES string of the molecule is Cc1csc(NC(=O)c2cc(C)c(C#CCN)s2)n1. The molecule has 2 heterocycles. The summed E-state index contributed by atoms with van der Waals surface area (Å²) in [6.45, 7) is 4.14. The minimum atomic E-state index is -0.150. The van der Waals surface area contributed by atoms with Crippen molar-refractivity contribution in [1.29, 1.82) is 0 Å². The molecule has 2 aromatic rings. The first-order valence-electron chi connectivity index (χ1n) is 5.63. The molecule has 0 bridgehead atoms. The molecule has 0 atom stereocenters. The zero-order valence-corrected chi connectivity index (χ0v) is 12.2. The second-order valence-corrected chi connectivity index (χ2v) is 5.79. The molecule has 0 aromatic carbocycles. The third-order valence-electron chi connectivity index (χ3n) is 2.29. The number of amides is 1. The van der Waals surface area contributed by atoms with Crippen molar-refractivity contribution >= 4 is 33.7 Å². The van der Waals surface area contributed by atoms with Crippen LogP contribution in [0.15, 0.2) is 11.4 Å². The topological polar surface area (TPSA) is 68.0 Å². The Balaban J connectivity index is 2.15. The van der Waals surface area contributed by atoms with Crippen molar-refractivity contribution in [3.8, 4) is 11.8 Å². The maximum absolute atomic E-state index is 12.1. The van der Waals surface area contributed by atoms with Crippen molar-refractivity contribution in [2.75, 3.05) is 11.9 Å². The first kappa shape index (κ1) is 13.7. The number of nitrogens with zero attached hydrogens (tertiary/aromatic N) is 1. The van der Waals surface area contributed by atoms with E-state index in [4.69, 9.17) is 5.73 Å². The van der Waals surface area contributed by atoms with Crippen molar-refractivity contribution < 1.29 is 4.79 Å². The number of hydrogen-bond donors (Lipinski definition) is 2. The van der Waals surface area contributed by atoms with Crippen molar-refractivity contribution in [3.63, 3.8) is 0 Å². The van der Waals surface area contributed by atoms with Crippen LogP contribution in [0.2, 0.25) is 0 Å². The molecule has 0 aliphatic heterocycles. The molecule has 0 unspecified atom stereocenters. The second kappa shape index (κ2) is 5.97. The minimum absolute atomic E-state index is 0.150. The van der Waals surface area contributed by atoms with Gasteiger partial charge in [-0.3, -0.25) is 10.1 Å². The molecule has 0 aliphatic carbocycles. The molecule has 0 spiro atoms. The Morgan fingerprint density at radius 3 is 2.95 bits per heavy atom. The van der Waals surface area contributed by atoms with E-state index in [1.165, 1.54) is 22.7 Å². The van der Waals surface area contributed by atoms with E-state index in [-0.39, 0.29) is 5.91 Å². The molecule has 0 aliphatic rings. The Morgan fingerprint density at radius 1 is 1.53 bits per heavy atom. The van der Waals surface area contributed by atoms with Gasteiger partial charge in [0.2, 0.25) is 0 Å². The van der Waals surface area contributed by atoms with Crippen LogP contribution in [-0.2, 0) is 0 Å². The van der Waals surface area contributed by atoms with Crippen LogP contribution in [0.1, 0.15) is 25.8 Å². The predicted molar refractivity (Wildman–Crippen MR) is 79.8 cm³/mol. The molecule has 3 N–H and O–H groups in total. The molecule has 0 saturated heterocycles. The Bertz CT molecular complexity index is 661. The van der Waals surface area contributed by atoms with Crippen LogP contribution >= 0.6 is 22.7 Å². The summed E-state index contributed by atoms with van der Waals surface area (Å²) in [5.41, 5.74) is 7.23. The predicted octanol–water partition coefficient (Wildman–Crippen LogP) is 2.38. The van der Waals surface area contributed by atoms with E-state index < -0.39 is 0 Å². The lowest BCUT2D eigenvalue weighted by Crippen LogP contribution is -2.09. The number of carbonyl (C=O) groups is 1. The molecule has 1 amide bonds. The Hall–Kier alpha value is -1.68. The molecular weight excluding hydrogens is 278 g/mol. The number of thiazole rings is 1. The van der Waals surface area contributed by atoms with Gasteiger partial charge in [0.25, 0.3) is 5.91 Å². The van der Waals surface area contributed by atoms with E-state index >= 15 is 0 Å². The van der Waals surface area contributed by atoms with Gasteiger partial charge in [-0.05, 0) is 25.5 Å². The quantitative estimate of drug-likeness (QED) is 0.835. The summed E-state index contributed by atoms with van der Waals surface area (Å²) in [4.78, 5) is 17.8. The van der Waals surface area contributed by atoms with Crippen molar-refractivity contribution in [2.24, 2.45) is 5.73 Å². The number of aryl methyl sites for hydroxylation is 2. The molecule has 2 aromatic heterocycles.